The van der Waals surface area contributed by atoms with E-state index in [1.807, 2.05) is 20.8 Å². The van der Waals surface area contributed by atoms with Crippen molar-refractivity contribution in [2.75, 3.05) is 7.11 Å². The topological polar surface area (TPSA) is 108 Å². The van der Waals surface area contributed by atoms with Gasteiger partial charge in [-0.2, -0.15) is 0 Å². The number of hydrogen-bond donors (Lipinski definition) is 2. The molecule has 0 heterocycles. The molecule has 0 unspecified atom stereocenters. The molecule has 0 aliphatic heterocycles. The lowest BCUT2D eigenvalue weighted by Gasteiger charge is -2.23. The van der Waals surface area contributed by atoms with E-state index in [1.54, 1.807) is 0 Å². The minimum absolute atomic E-state index is 0.156. The number of carbonyl (C=O) groups excluding carboxylic acids is 3. The van der Waals surface area contributed by atoms with Gasteiger partial charge in [-0.05, 0) is 76.8 Å². The summed E-state index contributed by atoms with van der Waals surface area (Å²) in [7, 11) is 1.41. The van der Waals surface area contributed by atoms with Gasteiger partial charge in [-0.3, -0.25) is 9.59 Å². The van der Waals surface area contributed by atoms with Crippen molar-refractivity contribution in [2.24, 2.45) is 5.73 Å². The molecule has 1 aromatic carbocycles. The van der Waals surface area contributed by atoms with Crippen molar-refractivity contribution in [2.45, 2.75) is 90.2 Å². The number of rotatable bonds is 13. The van der Waals surface area contributed by atoms with E-state index in [1.165, 1.54) is 18.2 Å². The van der Waals surface area contributed by atoms with Crippen LogP contribution in [0.15, 0.2) is 24.3 Å². The molecule has 1 rings (SSSR count). The number of nitrogens with one attached hydrogen (secondary N) is 1. The molecule has 0 saturated heterocycles. The molecule has 0 aliphatic rings. The van der Waals surface area contributed by atoms with Crippen LogP contribution in [0.5, 0.6) is 0 Å². The van der Waals surface area contributed by atoms with Crippen LogP contribution < -0.4 is 11.1 Å². The summed E-state index contributed by atoms with van der Waals surface area (Å²) in [5.74, 6) is -0.538. The fourth-order valence-electron chi connectivity index (χ4n) is 3.21. The Hall–Kier alpha value is -2.57. The number of amides is 2. The highest BCUT2D eigenvalue weighted by Gasteiger charge is 2.19. The van der Waals surface area contributed by atoms with Crippen molar-refractivity contribution in [1.29, 1.82) is 0 Å². The van der Waals surface area contributed by atoms with E-state index >= 15 is 0 Å². The van der Waals surface area contributed by atoms with Crippen LogP contribution in [-0.4, -0.2) is 36.7 Å². The molecule has 0 radical (unpaired) electrons. The molecular formula is C24H38N2O5. The van der Waals surface area contributed by atoms with Gasteiger partial charge in [0.2, 0.25) is 5.91 Å². The maximum absolute atomic E-state index is 12.1. The number of ether oxygens (including phenoxy) is 2. The zero-order chi connectivity index (χ0) is 23.3. The van der Waals surface area contributed by atoms with E-state index in [4.69, 9.17) is 10.5 Å². The van der Waals surface area contributed by atoms with Crippen molar-refractivity contribution in [1.82, 2.24) is 5.32 Å². The third kappa shape index (κ3) is 13.4. The van der Waals surface area contributed by atoms with Crippen LogP contribution in [0.4, 0.5) is 4.79 Å². The van der Waals surface area contributed by atoms with E-state index in [9.17, 15) is 14.4 Å². The first kappa shape index (κ1) is 26.5. The van der Waals surface area contributed by atoms with E-state index in [0.29, 0.717) is 12.8 Å². The fraction of sp³-hybridized carbons (Fsp3) is 0.625. The molecule has 0 aromatic heterocycles. The molecule has 7 nitrogen and oxygen atoms in total. The number of esters is 1. The number of aryl methyl sites for hydroxylation is 2. The van der Waals surface area contributed by atoms with Gasteiger partial charge >= 0.3 is 12.1 Å². The second kappa shape index (κ2) is 13.7. The van der Waals surface area contributed by atoms with Crippen LogP contribution in [0.2, 0.25) is 0 Å². The first-order chi connectivity index (χ1) is 14.6. The molecule has 0 saturated carbocycles. The standard InChI is InChI=1S/C24H38N2O5/c1-24(2,3)31-23(29)26-20(16-17-21(25)27)10-7-9-19-14-12-18(13-15-19)8-5-6-11-22(28)30-4/h12-15,20H,5-11,16-17H2,1-4H3,(H2,25,27)(H,26,29)/t20-/m1/s1. The Morgan fingerprint density at radius 2 is 1.52 bits per heavy atom. The van der Waals surface area contributed by atoms with Crippen LogP contribution in [0, 0.1) is 0 Å². The number of methoxy groups -OCH3 is 1. The highest BCUT2D eigenvalue weighted by molar-refractivity contribution is 5.74. The first-order valence-electron chi connectivity index (χ1n) is 11.0. The first-order valence-corrected chi connectivity index (χ1v) is 11.0. The summed E-state index contributed by atoms with van der Waals surface area (Å²) in [5, 5.41) is 2.86. The van der Waals surface area contributed by atoms with E-state index in [-0.39, 0.29) is 24.3 Å². The van der Waals surface area contributed by atoms with Crippen molar-refractivity contribution in [3.63, 3.8) is 0 Å². The van der Waals surface area contributed by atoms with Crippen LogP contribution in [-0.2, 0) is 31.9 Å². The second-order valence-corrected chi connectivity index (χ2v) is 8.84. The van der Waals surface area contributed by atoms with Crippen molar-refractivity contribution < 1.29 is 23.9 Å². The summed E-state index contributed by atoms with van der Waals surface area (Å²) in [6.07, 6.45) is 5.92. The van der Waals surface area contributed by atoms with Gasteiger partial charge in [0.25, 0.3) is 0 Å². The van der Waals surface area contributed by atoms with Gasteiger partial charge in [0.15, 0.2) is 0 Å². The van der Waals surface area contributed by atoms with Crippen molar-refractivity contribution in [3.05, 3.63) is 35.4 Å². The maximum atomic E-state index is 12.1. The van der Waals surface area contributed by atoms with Gasteiger partial charge in [0.05, 0.1) is 7.11 Å². The molecule has 3 N–H and O–H groups in total. The molecule has 7 heteroatoms. The third-order valence-corrected chi connectivity index (χ3v) is 4.83. The molecule has 0 bridgehead atoms. The Balaban J connectivity index is 2.44. The van der Waals surface area contributed by atoms with Gasteiger partial charge in [-0.1, -0.05) is 24.3 Å². The van der Waals surface area contributed by atoms with Crippen molar-refractivity contribution >= 4 is 18.0 Å². The average Bonchev–Trinajstić information content (AvgIpc) is 2.68. The van der Waals surface area contributed by atoms with Gasteiger partial charge < -0.3 is 20.5 Å². The molecular weight excluding hydrogens is 396 g/mol. The van der Waals surface area contributed by atoms with Crippen LogP contribution >= 0.6 is 0 Å². The molecule has 174 valence electrons. The summed E-state index contributed by atoms with van der Waals surface area (Å²) < 4.78 is 9.97. The lowest BCUT2D eigenvalue weighted by Crippen LogP contribution is -2.39. The predicted molar refractivity (Wildman–Crippen MR) is 121 cm³/mol. The Kier molecular flexibility index (Phi) is 11.7. The number of alkyl carbamates (subject to hydrolysis) is 1. The highest BCUT2D eigenvalue weighted by Crippen LogP contribution is 2.14. The Morgan fingerprint density at radius 1 is 0.935 bits per heavy atom. The van der Waals surface area contributed by atoms with Gasteiger partial charge in [-0.25, -0.2) is 4.79 Å². The SMILES string of the molecule is COC(=O)CCCCc1ccc(CCC[C@H](CCC(N)=O)NC(=O)OC(C)(C)C)cc1. The average molecular weight is 435 g/mol. The van der Waals surface area contributed by atoms with E-state index < -0.39 is 11.7 Å². The second-order valence-electron chi connectivity index (χ2n) is 8.84. The normalized spacial score (nSPS) is 12.1. The Labute approximate surface area is 186 Å². The zero-order valence-electron chi connectivity index (χ0n) is 19.4. The summed E-state index contributed by atoms with van der Waals surface area (Å²) in [6, 6.07) is 8.33. The smallest absolute Gasteiger partial charge is 0.407 e. The molecule has 1 atom stereocenters. The van der Waals surface area contributed by atoms with Crippen molar-refractivity contribution in [3.8, 4) is 0 Å². The summed E-state index contributed by atoms with van der Waals surface area (Å²) in [4.78, 5) is 34.4. The minimum Gasteiger partial charge on any atom is -0.469 e. The van der Waals surface area contributed by atoms with E-state index in [0.717, 1.165) is 38.5 Å². The number of carbonyl (C=O) groups is 3. The number of benzene rings is 1. The molecule has 0 aliphatic carbocycles. The molecule has 0 fully saturated rings. The fourth-order valence-corrected chi connectivity index (χ4v) is 3.21. The molecule has 0 spiro atoms. The summed E-state index contributed by atoms with van der Waals surface area (Å²) >= 11 is 0. The highest BCUT2D eigenvalue weighted by atomic mass is 16.6. The van der Waals surface area contributed by atoms with Crippen LogP contribution in [0.1, 0.15) is 76.8 Å². The Bertz CT molecular complexity index is 695. The predicted octanol–water partition coefficient (Wildman–Crippen LogP) is 4.05. The Morgan fingerprint density at radius 3 is 2.03 bits per heavy atom. The lowest BCUT2D eigenvalue weighted by atomic mass is 9.99. The van der Waals surface area contributed by atoms with Gasteiger partial charge in [-0.15, -0.1) is 0 Å². The van der Waals surface area contributed by atoms with E-state index in [2.05, 4.69) is 34.3 Å². The monoisotopic (exact) mass is 434 g/mol. The zero-order valence-corrected chi connectivity index (χ0v) is 19.4. The van der Waals surface area contributed by atoms with Gasteiger partial charge in [0, 0.05) is 18.9 Å². The maximum Gasteiger partial charge on any atom is 0.407 e. The minimum atomic E-state index is -0.570. The number of hydrogen-bond acceptors (Lipinski definition) is 5. The molecule has 31 heavy (non-hydrogen) atoms. The number of nitrogens with two attached hydrogens (primary N) is 1. The number of primary amides is 1. The molecule has 1 aromatic rings. The number of unbranched alkanes of at least 4 members (excludes halogenated alkanes) is 1. The van der Waals surface area contributed by atoms with Gasteiger partial charge in [0.1, 0.15) is 5.60 Å². The van der Waals surface area contributed by atoms with Crippen LogP contribution in [0.3, 0.4) is 0 Å². The summed E-state index contributed by atoms with van der Waals surface area (Å²) in [5.41, 5.74) is 7.17. The summed E-state index contributed by atoms with van der Waals surface area (Å²) in [6.45, 7) is 5.44. The third-order valence-electron chi connectivity index (χ3n) is 4.83. The molecule has 2 amide bonds. The quantitative estimate of drug-likeness (QED) is 0.360. The van der Waals surface area contributed by atoms with Crippen LogP contribution in [0.25, 0.3) is 0 Å². The largest absolute Gasteiger partial charge is 0.469 e. The lowest BCUT2D eigenvalue weighted by molar-refractivity contribution is -0.140.